The van der Waals surface area contributed by atoms with Gasteiger partial charge in [0.1, 0.15) is 11.8 Å². The molecule has 1 aromatic carbocycles. The van der Waals surface area contributed by atoms with Crippen LogP contribution in [-0.2, 0) is 5.54 Å². The number of alkyl halides is 3. The molecule has 3 rings (SSSR count). The molecule has 0 radical (unpaired) electrons. The van der Waals surface area contributed by atoms with E-state index in [1.807, 2.05) is 0 Å². The van der Waals surface area contributed by atoms with Gasteiger partial charge in [0.2, 0.25) is 0 Å². The van der Waals surface area contributed by atoms with Crippen LogP contribution in [0.25, 0.3) is 5.57 Å². The Kier molecular flexibility index (Phi) is 7.11. The number of benzene rings is 1. The first-order chi connectivity index (χ1) is 15.6. The molecule has 0 bridgehead atoms. The number of halogens is 3. The van der Waals surface area contributed by atoms with E-state index in [0.29, 0.717) is 28.0 Å². The van der Waals surface area contributed by atoms with E-state index in [1.165, 1.54) is 37.6 Å². The Morgan fingerprint density at radius 1 is 1.36 bits per heavy atom. The lowest BCUT2D eigenvalue weighted by Gasteiger charge is -2.37. The number of rotatable bonds is 7. The maximum absolute atomic E-state index is 13.5. The zero-order valence-corrected chi connectivity index (χ0v) is 18.5. The molecular formula is C22H27F3N6O2. The van der Waals surface area contributed by atoms with Crippen molar-refractivity contribution in [1.29, 1.82) is 0 Å². The van der Waals surface area contributed by atoms with E-state index in [1.54, 1.807) is 31.3 Å². The van der Waals surface area contributed by atoms with Crippen molar-refractivity contribution in [3.63, 3.8) is 0 Å². The number of guanidine groups is 1. The van der Waals surface area contributed by atoms with Crippen LogP contribution in [0.3, 0.4) is 0 Å². The fourth-order valence-corrected chi connectivity index (χ4v) is 3.89. The van der Waals surface area contributed by atoms with Crippen LogP contribution in [0.5, 0.6) is 5.75 Å². The molecule has 1 aromatic rings. The van der Waals surface area contributed by atoms with Gasteiger partial charge in [-0.1, -0.05) is 0 Å². The Morgan fingerprint density at radius 2 is 2.09 bits per heavy atom. The third kappa shape index (κ3) is 4.58. The average molecular weight is 464 g/mol. The summed E-state index contributed by atoms with van der Waals surface area (Å²) in [6, 6.07) is 3.68. The predicted octanol–water partition coefficient (Wildman–Crippen LogP) is 2.19. The summed E-state index contributed by atoms with van der Waals surface area (Å²) in [5, 5.41) is 11.2. The summed E-state index contributed by atoms with van der Waals surface area (Å²) in [7, 11) is 3.00. The number of methoxy groups -OCH3 is 1. The third-order valence-electron chi connectivity index (χ3n) is 5.67. The van der Waals surface area contributed by atoms with Gasteiger partial charge in [0.25, 0.3) is 6.43 Å². The van der Waals surface area contributed by atoms with Gasteiger partial charge in [0.05, 0.1) is 7.11 Å². The molecule has 178 valence electrons. The van der Waals surface area contributed by atoms with Crippen LogP contribution < -0.4 is 16.2 Å². The van der Waals surface area contributed by atoms with Crippen molar-refractivity contribution in [2.75, 3.05) is 14.2 Å². The molecule has 0 fully saturated rings. The molecule has 0 spiro atoms. The Morgan fingerprint density at radius 3 is 2.64 bits per heavy atom. The van der Waals surface area contributed by atoms with Crippen LogP contribution in [0, 0.1) is 0 Å². The summed E-state index contributed by atoms with van der Waals surface area (Å²) < 4.78 is 45.7. The van der Waals surface area contributed by atoms with E-state index >= 15 is 0 Å². The molecule has 0 saturated heterocycles. The molecule has 0 aliphatic carbocycles. The van der Waals surface area contributed by atoms with Gasteiger partial charge in [0, 0.05) is 31.2 Å². The van der Waals surface area contributed by atoms with Crippen LogP contribution in [0.4, 0.5) is 13.2 Å². The Balaban J connectivity index is 2.22. The number of aliphatic hydroxyl groups excluding tert-OH is 1. The topological polar surface area (TPSA) is 122 Å². The minimum absolute atomic E-state index is 0.0336. The second-order valence-corrected chi connectivity index (χ2v) is 7.74. The zero-order valence-electron chi connectivity index (χ0n) is 18.5. The van der Waals surface area contributed by atoms with Crippen molar-refractivity contribution >= 4 is 24.0 Å². The van der Waals surface area contributed by atoms with Gasteiger partial charge in [-0.25, -0.2) is 18.2 Å². The van der Waals surface area contributed by atoms with Gasteiger partial charge < -0.3 is 26.2 Å². The highest BCUT2D eigenvalue weighted by molar-refractivity contribution is 6.09. The number of allylic oxidation sites excluding steroid dienone is 2. The summed E-state index contributed by atoms with van der Waals surface area (Å²) in [5.74, 6) is 0.417. The van der Waals surface area contributed by atoms with Crippen LogP contribution in [0.1, 0.15) is 24.5 Å². The van der Waals surface area contributed by atoms with Crippen molar-refractivity contribution in [2.45, 2.75) is 43.9 Å². The number of nitrogens with two attached hydrogens (primary N) is 2. The maximum atomic E-state index is 13.5. The number of aliphatic imine (C=N–C) groups is 3. The van der Waals surface area contributed by atoms with Crippen molar-refractivity contribution in [1.82, 2.24) is 4.90 Å². The van der Waals surface area contributed by atoms with Crippen LogP contribution in [0.2, 0.25) is 0 Å². The van der Waals surface area contributed by atoms with Crippen molar-refractivity contribution in [3.05, 3.63) is 47.2 Å². The number of hydrogen-bond acceptors (Lipinski definition) is 8. The van der Waals surface area contributed by atoms with Crippen molar-refractivity contribution in [3.8, 4) is 5.75 Å². The first-order valence-corrected chi connectivity index (χ1v) is 10.2. The first-order valence-electron chi connectivity index (χ1n) is 10.2. The molecule has 4 unspecified atom stereocenters. The standard InChI is InChI=1S/C22H27F3N6O2/c1-12(23)29-11-14(10-26)13-6-16(8-17(7-13)33-3)22(20(32)31(2)21(27)30-22)15-4-5-28-18(9-15)19(24)25/h4-8,10-12,18-20,32H,9,26H2,1-3H3,(H2,27,30)/b14-10+,29-11?. The SMILES string of the molecule is COc1cc(/C(C=NC(C)F)=C/N)cc(C2(C3=CC=NC(C(F)F)C3)N=C(N)N(C)C2O)c1. The fraction of sp³-hybridized carbons (Fsp3) is 0.409. The monoisotopic (exact) mass is 464 g/mol. The molecule has 4 atom stereocenters. The maximum Gasteiger partial charge on any atom is 0.260 e. The second kappa shape index (κ2) is 9.65. The Hall–Kier alpha value is -3.34. The Labute approximate surface area is 189 Å². The van der Waals surface area contributed by atoms with Crippen molar-refractivity contribution in [2.24, 2.45) is 26.4 Å². The smallest absolute Gasteiger partial charge is 0.260 e. The van der Waals surface area contributed by atoms with Crippen LogP contribution >= 0.6 is 0 Å². The van der Waals surface area contributed by atoms with E-state index < -0.39 is 30.5 Å². The number of likely N-dealkylation sites (N-methyl/N-ethyl adjacent to an activating group) is 1. The van der Waals surface area contributed by atoms with Gasteiger partial charge in [0.15, 0.2) is 24.0 Å². The van der Waals surface area contributed by atoms with E-state index in [4.69, 9.17) is 16.2 Å². The van der Waals surface area contributed by atoms with Crippen LogP contribution in [0.15, 0.2) is 51.0 Å². The highest BCUT2D eigenvalue weighted by Crippen LogP contribution is 2.46. The van der Waals surface area contributed by atoms with E-state index in [-0.39, 0.29) is 12.4 Å². The second-order valence-electron chi connectivity index (χ2n) is 7.74. The molecule has 0 saturated carbocycles. The molecule has 33 heavy (non-hydrogen) atoms. The van der Waals surface area contributed by atoms with E-state index in [2.05, 4.69) is 15.0 Å². The summed E-state index contributed by atoms with van der Waals surface area (Å²) >= 11 is 0. The van der Waals surface area contributed by atoms with Gasteiger partial charge >= 0.3 is 0 Å². The van der Waals surface area contributed by atoms with E-state index in [9.17, 15) is 18.3 Å². The molecular weight excluding hydrogens is 437 g/mol. The molecule has 11 heteroatoms. The van der Waals surface area contributed by atoms with E-state index in [0.717, 1.165) is 0 Å². The average Bonchev–Trinajstić information content (AvgIpc) is 3.04. The lowest BCUT2D eigenvalue weighted by atomic mass is 9.77. The highest BCUT2D eigenvalue weighted by Gasteiger charge is 2.51. The molecule has 0 aromatic heterocycles. The minimum Gasteiger partial charge on any atom is -0.497 e. The largest absolute Gasteiger partial charge is 0.497 e. The minimum atomic E-state index is -2.69. The van der Waals surface area contributed by atoms with Gasteiger partial charge in [-0.3, -0.25) is 9.98 Å². The number of hydrogen-bond donors (Lipinski definition) is 3. The molecule has 2 aliphatic rings. The molecule has 8 nitrogen and oxygen atoms in total. The molecule has 2 aliphatic heterocycles. The lowest BCUT2D eigenvalue weighted by Crippen LogP contribution is -2.46. The van der Waals surface area contributed by atoms with Crippen LogP contribution in [-0.4, -0.2) is 67.5 Å². The summed E-state index contributed by atoms with van der Waals surface area (Å²) in [6.07, 6.45) is -0.176. The van der Waals surface area contributed by atoms with Gasteiger partial charge in [-0.2, -0.15) is 0 Å². The predicted molar refractivity (Wildman–Crippen MR) is 122 cm³/mol. The highest BCUT2D eigenvalue weighted by atomic mass is 19.3. The fourth-order valence-electron chi connectivity index (χ4n) is 3.89. The summed E-state index contributed by atoms with van der Waals surface area (Å²) in [5.41, 5.74) is 12.0. The number of nitrogens with zero attached hydrogens (tertiary/aromatic N) is 4. The Bertz CT molecular complexity index is 1040. The first kappa shape index (κ1) is 24.3. The number of aliphatic hydroxyl groups is 1. The van der Waals surface area contributed by atoms with Crippen molar-refractivity contribution < 1.29 is 23.0 Å². The third-order valence-corrected chi connectivity index (χ3v) is 5.67. The summed E-state index contributed by atoms with van der Waals surface area (Å²) in [4.78, 5) is 13.5. The summed E-state index contributed by atoms with van der Waals surface area (Å²) in [6.45, 7) is 1.27. The number of dihydropyridines is 1. The normalized spacial score (nSPS) is 26.7. The van der Waals surface area contributed by atoms with Gasteiger partial charge in [-0.05, 0) is 54.3 Å². The quantitative estimate of drug-likeness (QED) is 0.422. The number of ether oxygens (including phenoxy) is 1. The molecule has 5 N–H and O–H groups in total. The molecule has 2 heterocycles. The molecule has 0 amide bonds. The lowest BCUT2D eigenvalue weighted by molar-refractivity contribution is 0.0260. The zero-order chi connectivity index (χ0) is 24.3. The van der Waals surface area contributed by atoms with Gasteiger partial charge in [-0.15, -0.1) is 0 Å².